The number of aryl methyl sites for hydroxylation is 1. The Kier molecular flexibility index (Phi) is 3.69. The highest BCUT2D eigenvalue weighted by Gasteiger charge is 2.12. The molecule has 2 aromatic heterocycles. The van der Waals surface area contributed by atoms with Gasteiger partial charge in [-0.05, 0) is 13.1 Å². The van der Waals surface area contributed by atoms with Gasteiger partial charge in [0.2, 0.25) is 0 Å². The van der Waals surface area contributed by atoms with Gasteiger partial charge in [-0.2, -0.15) is 0 Å². The van der Waals surface area contributed by atoms with Crippen LogP contribution in [-0.2, 0) is 12.8 Å². The minimum atomic E-state index is 0.883. The fourth-order valence-electron chi connectivity index (χ4n) is 1.50. The van der Waals surface area contributed by atoms with E-state index in [0.29, 0.717) is 0 Å². The number of aromatic nitrogens is 2. The summed E-state index contributed by atoms with van der Waals surface area (Å²) in [6.07, 6.45) is 3.52. The van der Waals surface area contributed by atoms with E-state index in [1.54, 1.807) is 17.6 Å². The van der Waals surface area contributed by atoms with Crippen LogP contribution < -0.4 is 5.32 Å². The molecule has 0 bridgehead atoms. The van der Waals surface area contributed by atoms with Gasteiger partial charge >= 0.3 is 0 Å². The molecule has 16 heavy (non-hydrogen) atoms. The van der Waals surface area contributed by atoms with Crippen molar-refractivity contribution < 1.29 is 4.42 Å². The number of furan rings is 1. The predicted octanol–water partition coefficient (Wildman–Crippen LogP) is 2.12. The first-order valence-corrected chi connectivity index (χ1v) is 6.20. The third-order valence-electron chi connectivity index (χ3n) is 2.35. The molecule has 0 radical (unpaired) electrons. The van der Waals surface area contributed by atoms with E-state index in [-0.39, 0.29) is 0 Å². The van der Waals surface area contributed by atoms with E-state index in [2.05, 4.69) is 22.4 Å². The van der Waals surface area contributed by atoms with Crippen molar-refractivity contribution in [3.8, 4) is 10.6 Å². The van der Waals surface area contributed by atoms with Gasteiger partial charge in [0.1, 0.15) is 10.8 Å². The molecule has 4 nitrogen and oxygen atoms in total. The summed E-state index contributed by atoms with van der Waals surface area (Å²) < 4.78 is 5.39. The largest absolute Gasteiger partial charge is 0.469 e. The molecule has 2 rings (SSSR count). The number of likely N-dealkylation sites (N-methyl/N-ethyl adjacent to an activating group) is 1. The molecule has 1 N–H and O–H groups in total. The van der Waals surface area contributed by atoms with E-state index >= 15 is 0 Å². The first kappa shape index (κ1) is 11.3. The third kappa shape index (κ3) is 2.31. The molecule has 0 atom stereocenters. The minimum Gasteiger partial charge on any atom is -0.469 e. The van der Waals surface area contributed by atoms with Crippen LogP contribution in [0.3, 0.4) is 0 Å². The van der Waals surface area contributed by atoms with Crippen molar-refractivity contribution in [3.63, 3.8) is 0 Å². The van der Waals surface area contributed by atoms with E-state index < -0.39 is 0 Å². The average Bonchev–Trinajstić information content (AvgIpc) is 2.94. The summed E-state index contributed by atoms with van der Waals surface area (Å²) in [6.45, 7) is 3.01. The van der Waals surface area contributed by atoms with Crippen LogP contribution in [0.4, 0.5) is 0 Å². The van der Waals surface area contributed by atoms with Gasteiger partial charge in [0.25, 0.3) is 0 Å². The van der Waals surface area contributed by atoms with Gasteiger partial charge in [-0.25, -0.2) is 0 Å². The van der Waals surface area contributed by atoms with Crippen LogP contribution in [0.25, 0.3) is 10.6 Å². The lowest BCUT2D eigenvalue weighted by Gasteiger charge is -1.93. The smallest absolute Gasteiger partial charge is 0.151 e. The Morgan fingerprint density at radius 3 is 3.06 bits per heavy atom. The Labute approximate surface area is 98.7 Å². The lowest BCUT2D eigenvalue weighted by Crippen LogP contribution is -2.09. The molecule has 0 unspecified atom stereocenters. The summed E-state index contributed by atoms with van der Waals surface area (Å²) in [5.74, 6) is 0.983. The van der Waals surface area contributed by atoms with Crippen molar-refractivity contribution in [1.29, 1.82) is 0 Å². The average molecular weight is 237 g/mol. The second-order valence-corrected chi connectivity index (χ2v) is 4.53. The molecular weight excluding hydrogens is 222 g/mol. The third-order valence-corrected chi connectivity index (χ3v) is 3.37. The summed E-state index contributed by atoms with van der Waals surface area (Å²) in [6, 6.07) is 1.96. The molecule has 86 valence electrons. The molecule has 2 heterocycles. The van der Waals surface area contributed by atoms with Crippen molar-refractivity contribution in [3.05, 3.63) is 23.1 Å². The topological polar surface area (TPSA) is 51.0 Å². The summed E-state index contributed by atoms with van der Waals surface area (Å²) in [4.78, 5) is 0. The van der Waals surface area contributed by atoms with Crippen molar-refractivity contribution in [1.82, 2.24) is 15.5 Å². The summed E-state index contributed by atoms with van der Waals surface area (Å²) in [5, 5.41) is 13.5. The summed E-state index contributed by atoms with van der Waals surface area (Å²) in [7, 11) is 1.94. The highest BCUT2D eigenvalue weighted by atomic mass is 32.1. The molecule has 0 saturated carbocycles. The SMILES string of the molecule is CCc1occc1-c1nnc(CCNC)s1. The van der Waals surface area contributed by atoms with Crippen LogP contribution in [0.2, 0.25) is 0 Å². The lowest BCUT2D eigenvalue weighted by molar-refractivity contribution is 0.517. The van der Waals surface area contributed by atoms with Crippen LogP contribution in [-0.4, -0.2) is 23.8 Å². The van der Waals surface area contributed by atoms with Gasteiger partial charge in [-0.1, -0.05) is 18.3 Å². The molecule has 5 heteroatoms. The fourth-order valence-corrected chi connectivity index (χ4v) is 2.38. The van der Waals surface area contributed by atoms with Crippen molar-refractivity contribution >= 4 is 11.3 Å². The van der Waals surface area contributed by atoms with Gasteiger partial charge in [0.05, 0.1) is 11.8 Å². The maximum Gasteiger partial charge on any atom is 0.151 e. The van der Waals surface area contributed by atoms with E-state index in [4.69, 9.17) is 4.42 Å². The first-order valence-electron chi connectivity index (χ1n) is 5.39. The molecule has 2 aromatic rings. The first-order chi connectivity index (χ1) is 7.85. The van der Waals surface area contributed by atoms with Gasteiger partial charge in [-0.3, -0.25) is 0 Å². The van der Waals surface area contributed by atoms with Crippen molar-refractivity contribution in [2.45, 2.75) is 19.8 Å². The highest BCUT2D eigenvalue weighted by molar-refractivity contribution is 7.14. The monoisotopic (exact) mass is 237 g/mol. The van der Waals surface area contributed by atoms with Crippen LogP contribution in [0, 0.1) is 0 Å². The van der Waals surface area contributed by atoms with E-state index in [9.17, 15) is 0 Å². The van der Waals surface area contributed by atoms with E-state index in [0.717, 1.165) is 40.7 Å². The highest BCUT2D eigenvalue weighted by Crippen LogP contribution is 2.28. The van der Waals surface area contributed by atoms with Gasteiger partial charge < -0.3 is 9.73 Å². The Morgan fingerprint density at radius 1 is 1.44 bits per heavy atom. The van der Waals surface area contributed by atoms with Gasteiger partial charge in [0, 0.05) is 19.4 Å². The van der Waals surface area contributed by atoms with E-state index in [1.807, 2.05) is 13.1 Å². The van der Waals surface area contributed by atoms with Crippen LogP contribution in [0.5, 0.6) is 0 Å². The molecule has 0 fully saturated rings. The maximum atomic E-state index is 5.39. The Morgan fingerprint density at radius 2 is 2.31 bits per heavy atom. The number of hydrogen-bond donors (Lipinski definition) is 1. The molecule has 0 aliphatic heterocycles. The van der Waals surface area contributed by atoms with Gasteiger partial charge in [-0.15, -0.1) is 10.2 Å². The maximum absolute atomic E-state index is 5.39. The molecule has 0 aliphatic carbocycles. The zero-order valence-corrected chi connectivity index (χ0v) is 10.3. The zero-order chi connectivity index (χ0) is 11.4. The normalized spacial score (nSPS) is 10.9. The minimum absolute atomic E-state index is 0.883. The fraction of sp³-hybridized carbons (Fsp3) is 0.455. The molecule has 0 aromatic carbocycles. The summed E-state index contributed by atoms with van der Waals surface area (Å²) in [5.41, 5.74) is 1.08. The predicted molar refractivity (Wildman–Crippen MR) is 64.6 cm³/mol. The zero-order valence-electron chi connectivity index (χ0n) is 9.49. The number of nitrogens with zero attached hydrogens (tertiary/aromatic N) is 2. The molecule has 0 aliphatic rings. The lowest BCUT2D eigenvalue weighted by atomic mass is 10.2. The second kappa shape index (κ2) is 5.23. The molecule has 0 spiro atoms. The van der Waals surface area contributed by atoms with Crippen molar-refractivity contribution in [2.24, 2.45) is 0 Å². The van der Waals surface area contributed by atoms with Gasteiger partial charge in [0.15, 0.2) is 5.01 Å². The van der Waals surface area contributed by atoms with Crippen LogP contribution in [0.1, 0.15) is 17.7 Å². The quantitative estimate of drug-likeness (QED) is 0.865. The number of hydrogen-bond acceptors (Lipinski definition) is 5. The number of nitrogens with one attached hydrogen (secondary N) is 1. The van der Waals surface area contributed by atoms with Crippen LogP contribution in [0.15, 0.2) is 16.7 Å². The molecular formula is C11H15N3OS. The standard InChI is InChI=1S/C11H15N3OS/c1-3-9-8(5-7-15-9)11-14-13-10(16-11)4-6-12-2/h5,7,12H,3-4,6H2,1-2H3. The molecule has 0 saturated heterocycles. The molecule has 0 amide bonds. The Hall–Kier alpha value is -1.20. The number of rotatable bonds is 5. The van der Waals surface area contributed by atoms with Crippen molar-refractivity contribution in [2.75, 3.05) is 13.6 Å². The Balaban J connectivity index is 2.18. The second-order valence-electron chi connectivity index (χ2n) is 3.47. The Bertz CT molecular complexity index is 450. The van der Waals surface area contributed by atoms with E-state index in [1.165, 1.54) is 0 Å². The summed E-state index contributed by atoms with van der Waals surface area (Å²) >= 11 is 1.64. The van der Waals surface area contributed by atoms with Crippen LogP contribution >= 0.6 is 11.3 Å².